The normalized spacial score (nSPS) is 24.6. The lowest BCUT2D eigenvalue weighted by Gasteiger charge is -2.26. The van der Waals surface area contributed by atoms with Gasteiger partial charge in [0.05, 0.1) is 5.69 Å². The summed E-state index contributed by atoms with van der Waals surface area (Å²) in [6.45, 7) is 2.99. The monoisotopic (exact) mass is 297 g/mol. The molecule has 1 fully saturated rings. The molecule has 0 bridgehead atoms. The summed E-state index contributed by atoms with van der Waals surface area (Å²) >= 11 is 3.46. The van der Waals surface area contributed by atoms with E-state index < -0.39 is 0 Å². The van der Waals surface area contributed by atoms with Gasteiger partial charge in [-0.15, -0.1) is 0 Å². The molecule has 1 aromatic rings. The fourth-order valence-electron chi connectivity index (χ4n) is 2.41. The highest BCUT2D eigenvalue weighted by Crippen LogP contribution is 2.23. The predicted molar refractivity (Wildman–Crippen MR) is 75.1 cm³/mol. The maximum absolute atomic E-state index is 5.99. The van der Waals surface area contributed by atoms with Gasteiger partial charge >= 0.3 is 0 Å². The van der Waals surface area contributed by atoms with Gasteiger partial charge in [-0.3, -0.25) is 0 Å². The molecular formula is C13H20BrN3. The van der Waals surface area contributed by atoms with Gasteiger partial charge in [0.25, 0.3) is 0 Å². The van der Waals surface area contributed by atoms with Gasteiger partial charge in [0.1, 0.15) is 5.82 Å². The number of nitrogens with two attached hydrogens (primary N) is 1. The Morgan fingerprint density at radius 3 is 3.00 bits per heavy atom. The van der Waals surface area contributed by atoms with Gasteiger partial charge in [-0.2, -0.15) is 0 Å². The Kier molecular flexibility index (Phi) is 4.40. The van der Waals surface area contributed by atoms with Crippen molar-refractivity contribution in [1.82, 2.24) is 4.98 Å². The largest absolute Gasteiger partial charge is 0.370 e. The van der Waals surface area contributed by atoms with Crippen LogP contribution in [0.3, 0.4) is 0 Å². The molecule has 2 atom stereocenters. The van der Waals surface area contributed by atoms with Crippen molar-refractivity contribution in [3.63, 3.8) is 0 Å². The van der Waals surface area contributed by atoms with E-state index in [1.54, 1.807) is 0 Å². The first-order valence-electron chi connectivity index (χ1n) is 6.28. The summed E-state index contributed by atoms with van der Waals surface area (Å²) < 4.78 is 1.06. The molecule has 1 aliphatic rings. The molecule has 17 heavy (non-hydrogen) atoms. The molecule has 0 radical (unpaired) electrons. The van der Waals surface area contributed by atoms with Crippen LogP contribution in [0.5, 0.6) is 0 Å². The molecule has 0 amide bonds. The van der Waals surface area contributed by atoms with Crippen molar-refractivity contribution in [2.75, 3.05) is 11.9 Å². The zero-order valence-electron chi connectivity index (χ0n) is 10.2. The summed E-state index contributed by atoms with van der Waals surface area (Å²) in [5.41, 5.74) is 7.01. The van der Waals surface area contributed by atoms with Crippen LogP contribution in [-0.4, -0.2) is 17.6 Å². The first-order chi connectivity index (χ1) is 8.15. The van der Waals surface area contributed by atoms with Crippen molar-refractivity contribution in [3.8, 4) is 0 Å². The molecule has 2 rings (SSSR count). The van der Waals surface area contributed by atoms with Gasteiger partial charge in [-0.05, 0) is 60.2 Å². The van der Waals surface area contributed by atoms with Crippen molar-refractivity contribution >= 4 is 21.7 Å². The Hall–Kier alpha value is -0.610. The van der Waals surface area contributed by atoms with E-state index in [1.165, 1.54) is 19.3 Å². The van der Waals surface area contributed by atoms with Crippen molar-refractivity contribution < 1.29 is 0 Å². The molecule has 3 nitrogen and oxygen atoms in total. The molecule has 0 saturated heterocycles. The minimum Gasteiger partial charge on any atom is -0.370 e. The van der Waals surface area contributed by atoms with Crippen LogP contribution in [0, 0.1) is 12.8 Å². The quantitative estimate of drug-likeness (QED) is 0.901. The lowest BCUT2D eigenvalue weighted by atomic mass is 9.86. The van der Waals surface area contributed by atoms with Gasteiger partial charge in [0.15, 0.2) is 0 Å². The number of nitrogens with zero attached hydrogens (tertiary/aromatic N) is 1. The van der Waals surface area contributed by atoms with Crippen LogP contribution in [-0.2, 0) is 0 Å². The third-order valence-electron chi connectivity index (χ3n) is 3.42. The van der Waals surface area contributed by atoms with Crippen LogP contribution in [0.15, 0.2) is 16.6 Å². The number of anilines is 1. The summed E-state index contributed by atoms with van der Waals surface area (Å²) in [7, 11) is 0. The minimum absolute atomic E-state index is 0.398. The molecule has 3 N–H and O–H groups in total. The van der Waals surface area contributed by atoms with Crippen LogP contribution in [0.2, 0.25) is 0 Å². The molecule has 1 aromatic heterocycles. The zero-order chi connectivity index (χ0) is 12.3. The number of aryl methyl sites for hydroxylation is 1. The maximum Gasteiger partial charge on any atom is 0.126 e. The smallest absolute Gasteiger partial charge is 0.126 e. The van der Waals surface area contributed by atoms with Crippen LogP contribution >= 0.6 is 15.9 Å². The highest BCUT2D eigenvalue weighted by Gasteiger charge is 2.18. The molecule has 0 spiro atoms. The standard InChI is InChI=1S/C13H20BrN3/c1-9-12(14)5-6-13(17-9)16-8-10-3-2-4-11(15)7-10/h5-6,10-11H,2-4,7-8,15H2,1H3,(H,16,17). The van der Waals surface area contributed by atoms with Crippen molar-refractivity contribution in [1.29, 1.82) is 0 Å². The van der Waals surface area contributed by atoms with Gasteiger partial charge in [-0.25, -0.2) is 4.98 Å². The zero-order valence-corrected chi connectivity index (χ0v) is 11.8. The number of hydrogen-bond acceptors (Lipinski definition) is 3. The minimum atomic E-state index is 0.398. The van der Waals surface area contributed by atoms with Crippen molar-refractivity contribution in [2.45, 2.75) is 38.6 Å². The lowest BCUT2D eigenvalue weighted by molar-refractivity contribution is 0.335. The second-order valence-electron chi connectivity index (χ2n) is 4.94. The first-order valence-corrected chi connectivity index (χ1v) is 7.07. The number of rotatable bonds is 3. The van der Waals surface area contributed by atoms with E-state index >= 15 is 0 Å². The first kappa shape index (κ1) is 12.8. The summed E-state index contributed by atoms with van der Waals surface area (Å²) in [6.07, 6.45) is 4.88. The fourth-order valence-corrected chi connectivity index (χ4v) is 2.63. The van der Waals surface area contributed by atoms with E-state index in [4.69, 9.17) is 5.73 Å². The molecule has 4 heteroatoms. The van der Waals surface area contributed by atoms with Gasteiger partial charge in [-0.1, -0.05) is 6.42 Å². The molecule has 0 aliphatic heterocycles. The molecule has 1 saturated carbocycles. The van der Waals surface area contributed by atoms with Crippen LogP contribution < -0.4 is 11.1 Å². The molecule has 1 aliphatic carbocycles. The van der Waals surface area contributed by atoms with E-state index in [0.717, 1.165) is 29.0 Å². The number of hydrogen-bond donors (Lipinski definition) is 2. The molecule has 1 heterocycles. The fraction of sp³-hybridized carbons (Fsp3) is 0.615. The van der Waals surface area contributed by atoms with Crippen LogP contribution in [0.25, 0.3) is 0 Å². The Morgan fingerprint density at radius 2 is 2.29 bits per heavy atom. The molecule has 94 valence electrons. The SMILES string of the molecule is Cc1nc(NCC2CCCC(N)C2)ccc1Br. The summed E-state index contributed by atoms with van der Waals surface area (Å²) in [5.74, 6) is 1.66. The van der Waals surface area contributed by atoms with E-state index in [0.29, 0.717) is 12.0 Å². The molecular weight excluding hydrogens is 278 g/mol. The lowest BCUT2D eigenvalue weighted by Crippen LogP contribution is -2.31. The van der Waals surface area contributed by atoms with Gasteiger partial charge in [0.2, 0.25) is 0 Å². The molecule has 0 aromatic carbocycles. The van der Waals surface area contributed by atoms with Crippen molar-refractivity contribution in [3.05, 3.63) is 22.3 Å². The highest BCUT2D eigenvalue weighted by atomic mass is 79.9. The number of nitrogens with one attached hydrogen (secondary N) is 1. The summed E-state index contributed by atoms with van der Waals surface area (Å²) in [5, 5.41) is 3.42. The number of aromatic nitrogens is 1. The van der Waals surface area contributed by atoms with Crippen LogP contribution in [0.1, 0.15) is 31.4 Å². The Morgan fingerprint density at radius 1 is 1.47 bits per heavy atom. The highest BCUT2D eigenvalue weighted by molar-refractivity contribution is 9.10. The Balaban J connectivity index is 1.86. The van der Waals surface area contributed by atoms with Gasteiger partial charge < -0.3 is 11.1 Å². The third kappa shape index (κ3) is 3.68. The molecule has 2 unspecified atom stereocenters. The average Bonchev–Trinajstić information content (AvgIpc) is 2.31. The van der Waals surface area contributed by atoms with Gasteiger partial charge in [0, 0.05) is 17.1 Å². The predicted octanol–water partition coefficient (Wildman–Crippen LogP) is 3.08. The van der Waals surface area contributed by atoms with Crippen LogP contribution in [0.4, 0.5) is 5.82 Å². The number of halogens is 1. The Labute approximate surface area is 111 Å². The second kappa shape index (κ2) is 5.83. The third-order valence-corrected chi connectivity index (χ3v) is 4.25. The van der Waals surface area contributed by atoms with Crippen molar-refractivity contribution in [2.24, 2.45) is 11.7 Å². The Bertz CT molecular complexity index is 381. The van der Waals surface area contributed by atoms with E-state index in [1.807, 2.05) is 19.1 Å². The number of pyridine rings is 1. The summed E-state index contributed by atoms with van der Waals surface area (Å²) in [6, 6.07) is 4.45. The summed E-state index contributed by atoms with van der Waals surface area (Å²) in [4.78, 5) is 4.49. The second-order valence-corrected chi connectivity index (χ2v) is 5.79. The average molecular weight is 298 g/mol. The topological polar surface area (TPSA) is 50.9 Å². The van der Waals surface area contributed by atoms with E-state index in [-0.39, 0.29) is 0 Å². The van der Waals surface area contributed by atoms with E-state index in [2.05, 4.69) is 26.2 Å². The van der Waals surface area contributed by atoms with E-state index in [9.17, 15) is 0 Å². The maximum atomic E-state index is 5.99.